The lowest BCUT2D eigenvalue weighted by Crippen LogP contribution is -2.14. The highest BCUT2D eigenvalue weighted by molar-refractivity contribution is 8.13. The van der Waals surface area contributed by atoms with Gasteiger partial charge in [0.15, 0.2) is 5.82 Å². The summed E-state index contributed by atoms with van der Waals surface area (Å²) in [6.45, 7) is 0.188. The van der Waals surface area contributed by atoms with Gasteiger partial charge in [-0.1, -0.05) is 24.4 Å². The van der Waals surface area contributed by atoms with Crippen LogP contribution < -0.4 is 0 Å². The van der Waals surface area contributed by atoms with Gasteiger partial charge in [-0.3, -0.25) is 0 Å². The molecule has 0 aromatic heterocycles. The van der Waals surface area contributed by atoms with Gasteiger partial charge in [0.1, 0.15) is 4.90 Å². The van der Waals surface area contributed by atoms with Gasteiger partial charge in [-0.05, 0) is 30.9 Å². The summed E-state index contributed by atoms with van der Waals surface area (Å²) >= 11 is 5.70. The molecule has 0 radical (unpaired) electrons. The summed E-state index contributed by atoms with van der Waals surface area (Å²) < 4.78 is 41.6. The van der Waals surface area contributed by atoms with Gasteiger partial charge in [0, 0.05) is 15.7 Å². The third kappa shape index (κ3) is 4.08. The molecule has 4 nitrogen and oxygen atoms in total. The molecule has 0 spiro atoms. The molecule has 21 heavy (non-hydrogen) atoms. The molecule has 116 valence electrons. The molecule has 0 N–H and O–H groups in total. The molecule has 1 fully saturated rings. The third-order valence-electron chi connectivity index (χ3n) is 3.41. The summed E-state index contributed by atoms with van der Waals surface area (Å²) in [5.74, 6) is -1.92. The second-order valence-electron chi connectivity index (χ2n) is 4.95. The first-order valence-electron chi connectivity index (χ1n) is 6.40. The number of hydrogen-bond donors (Lipinski definition) is 0. The van der Waals surface area contributed by atoms with Crippen LogP contribution >= 0.6 is 22.3 Å². The molecule has 0 saturated heterocycles. The van der Waals surface area contributed by atoms with Crippen LogP contribution in [0.5, 0.6) is 0 Å². The third-order valence-corrected chi connectivity index (χ3v) is 4.95. The van der Waals surface area contributed by atoms with Crippen LogP contribution in [0.15, 0.2) is 17.0 Å². The predicted octanol–water partition coefficient (Wildman–Crippen LogP) is 3.75. The number of hydrogen-bond acceptors (Lipinski definition) is 4. The Kier molecular flexibility index (Phi) is 5.11. The van der Waals surface area contributed by atoms with Crippen LogP contribution in [-0.2, 0) is 13.8 Å². The van der Waals surface area contributed by atoms with Crippen molar-refractivity contribution in [3.63, 3.8) is 0 Å². The highest BCUT2D eigenvalue weighted by Gasteiger charge is 2.25. The fourth-order valence-corrected chi connectivity index (χ4v) is 3.55. The summed E-state index contributed by atoms with van der Waals surface area (Å²) in [5.41, 5.74) is -0.528. The van der Waals surface area contributed by atoms with Crippen LogP contribution in [0.4, 0.5) is 4.39 Å². The van der Waals surface area contributed by atoms with Gasteiger partial charge in [0.25, 0.3) is 9.05 Å². The Bertz CT molecular complexity index is 654. The number of benzene rings is 1. The Morgan fingerprint density at radius 3 is 2.52 bits per heavy atom. The number of carbonyl (C=O) groups excluding carboxylic acids is 1. The van der Waals surface area contributed by atoms with Crippen LogP contribution in [0.2, 0.25) is 5.02 Å². The molecule has 0 heterocycles. The Labute approximate surface area is 131 Å². The largest absolute Gasteiger partial charge is 0.462 e. The quantitative estimate of drug-likeness (QED) is 0.610. The van der Waals surface area contributed by atoms with E-state index in [4.69, 9.17) is 27.0 Å². The summed E-state index contributed by atoms with van der Waals surface area (Å²) in [6, 6.07) is 1.88. The van der Waals surface area contributed by atoms with E-state index in [-0.39, 0.29) is 17.5 Å². The van der Waals surface area contributed by atoms with Gasteiger partial charge in [0.05, 0.1) is 12.2 Å². The van der Waals surface area contributed by atoms with Crippen LogP contribution in [0.25, 0.3) is 0 Å². The molecule has 1 aliphatic rings. The molecule has 1 saturated carbocycles. The Balaban J connectivity index is 2.22. The normalized spacial score (nSPS) is 16.1. The van der Waals surface area contributed by atoms with E-state index in [1.807, 2.05) is 0 Å². The fourth-order valence-electron chi connectivity index (χ4n) is 2.34. The maximum absolute atomic E-state index is 14.1. The molecule has 0 bridgehead atoms. The highest BCUT2D eigenvalue weighted by Crippen LogP contribution is 2.28. The van der Waals surface area contributed by atoms with Crippen molar-refractivity contribution in [2.24, 2.45) is 5.92 Å². The zero-order valence-electron chi connectivity index (χ0n) is 10.9. The highest BCUT2D eigenvalue weighted by atomic mass is 35.7. The minimum atomic E-state index is -4.34. The first kappa shape index (κ1) is 16.5. The summed E-state index contributed by atoms with van der Waals surface area (Å²) in [6.07, 6.45) is 4.10. The van der Waals surface area contributed by atoms with Gasteiger partial charge in [-0.15, -0.1) is 0 Å². The van der Waals surface area contributed by atoms with Crippen molar-refractivity contribution in [3.05, 3.63) is 28.5 Å². The molecule has 1 aliphatic carbocycles. The number of esters is 1. The molecule has 1 aromatic carbocycles. The first-order valence-corrected chi connectivity index (χ1v) is 9.08. The van der Waals surface area contributed by atoms with Crippen molar-refractivity contribution in [3.8, 4) is 0 Å². The van der Waals surface area contributed by atoms with E-state index in [9.17, 15) is 17.6 Å². The molecule has 0 atom stereocenters. The minimum absolute atomic E-state index is 0.108. The predicted molar refractivity (Wildman–Crippen MR) is 76.7 cm³/mol. The first-order chi connectivity index (χ1) is 9.79. The molecular weight excluding hydrogens is 342 g/mol. The maximum Gasteiger partial charge on any atom is 0.341 e. The van der Waals surface area contributed by atoms with Crippen molar-refractivity contribution < 1.29 is 22.3 Å². The molecule has 0 aliphatic heterocycles. The zero-order valence-corrected chi connectivity index (χ0v) is 13.3. The topological polar surface area (TPSA) is 60.4 Å². The standard InChI is InChI=1S/C13H13Cl2FO4S/c14-9-5-10(12(16)11(6-9)21(15,18)19)13(17)20-7-8-3-1-2-4-8/h5-6,8H,1-4,7H2. The van der Waals surface area contributed by atoms with Crippen molar-refractivity contribution in [2.45, 2.75) is 30.6 Å². The smallest absolute Gasteiger partial charge is 0.341 e. The Morgan fingerprint density at radius 1 is 1.33 bits per heavy atom. The lowest BCUT2D eigenvalue weighted by molar-refractivity contribution is 0.0436. The van der Waals surface area contributed by atoms with Crippen LogP contribution in [0.3, 0.4) is 0 Å². The minimum Gasteiger partial charge on any atom is -0.462 e. The lowest BCUT2D eigenvalue weighted by atomic mass is 10.1. The second-order valence-corrected chi connectivity index (χ2v) is 7.92. The Hall–Kier alpha value is -0.850. The summed E-state index contributed by atoms with van der Waals surface area (Å²) in [5, 5.41) is -0.108. The van der Waals surface area contributed by atoms with Gasteiger partial charge in [-0.25, -0.2) is 17.6 Å². The van der Waals surface area contributed by atoms with E-state index in [0.29, 0.717) is 0 Å². The van der Waals surface area contributed by atoms with Crippen molar-refractivity contribution in [1.82, 2.24) is 0 Å². The number of halogens is 3. The SMILES string of the molecule is O=C(OCC1CCCC1)c1cc(Cl)cc(S(=O)(=O)Cl)c1F. The maximum atomic E-state index is 14.1. The zero-order chi connectivity index (χ0) is 15.6. The van der Waals surface area contributed by atoms with Crippen LogP contribution in [-0.4, -0.2) is 21.0 Å². The fraction of sp³-hybridized carbons (Fsp3) is 0.462. The van der Waals surface area contributed by atoms with E-state index in [1.54, 1.807) is 0 Å². The van der Waals surface area contributed by atoms with Gasteiger partial charge in [0.2, 0.25) is 0 Å². The molecule has 0 amide bonds. The van der Waals surface area contributed by atoms with E-state index in [0.717, 1.165) is 37.8 Å². The molecule has 2 rings (SSSR count). The summed E-state index contributed by atoms with van der Waals surface area (Å²) in [7, 11) is 0.777. The summed E-state index contributed by atoms with van der Waals surface area (Å²) in [4.78, 5) is 11.1. The van der Waals surface area contributed by atoms with Crippen molar-refractivity contribution >= 4 is 37.3 Å². The number of ether oxygens (including phenoxy) is 1. The van der Waals surface area contributed by atoms with Gasteiger partial charge >= 0.3 is 5.97 Å². The van der Waals surface area contributed by atoms with E-state index in [1.165, 1.54) is 0 Å². The number of rotatable bonds is 4. The van der Waals surface area contributed by atoms with Crippen molar-refractivity contribution in [1.29, 1.82) is 0 Å². The van der Waals surface area contributed by atoms with Crippen LogP contribution in [0.1, 0.15) is 36.0 Å². The van der Waals surface area contributed by atoms with E-state index >= 15 is 0 Å². The lowest BCUT2D eigenvalue weighted by Gasteiger charge is -2.11. The molecular formula is C13H13Cl2FO4S. The molecule has 1 aromatic rings. The average Bonchev–Trinajstić information content (AvgIpc) is 2.90. The van der Waals surface area contributed by atoms with Gasteiger partial charge < -0.3 is 4.74 Å². The van der Waals surface area contributed by atoms with E-state index in [2.05, 4.69) is 0 Å². The molecule has 8 heteroatoms. The molecule has 0 unspecified atom stereocenters. The van der Waals surface area contributed by atoms with E-state index < -0.39 is 31.3 Å². The van der Waals surface area contributed by atoms with Crippen LogP contribution in [0, 0.1) is 11.7 Å². The second kappa shape index (κ2) is 6.50. The Morgan fingerprint density at radius 2 is 1.95 bits per heavy atom. The van der Waals surface area contributed by atoms with Crippen molar-refractivity contribution in [2.75, 3.05) is 6.61 Å². The number of carbonyl (C=O) groups is 1. The average molecular weight is 355 g/mol. The monoisotopic (exact) mass is 354 g/mol. The van der Waals surface area contributed by atoms with Gasteiger partial charge in [-0.2, -0.15) is 0 Å².